The van der Waals surface area contributed by atoms with Crippen molar-refractivity contribution in [3.8, 4) is 0 Å². The Labute approximate surface area is 131 Å². The highest BCUT2D eigenvalue weighted by atomic mass is 19.4. The zero-order valence-electron chi connectivity index (χ0n) is 12.7. The number of halogens is 4. The van der Waals surface area contributed by atoms with Crippen molar-refractivity contribution in [3.05, 3.63) is 35.6 Å². The minimum Gasteiger partial charge on any atom is -0.481 e. The van der Waals surface area contributed by atoms with Gasteiger partial charge in [-0.2, -0.15) is 13.2 Å². The van der Waals surface area contributed by atoms with Crippen molar-refractivity contribution in [3.63, 3.8) is 0 Å². The Kier molecular flexibility index (Phi) is 5.29. The Balaban J connectivity index is 1.97. The highest BCUT2D eigenvalue weighted by Crippen LogP contribution is 2.38. The summed E-state index contributed by atoms with van der Waals surface area (Å²) in [5, 5.41) is 9.02. The average molecular weight is 333 g/mol. The number of alkyl halides is 3. The number of aryl methyl sites for hydroxylation is 1. The second-order valence-electron chi connectivity index (χ2n) is 6.06. The third-order valence-corrected chi connectivity index (χ3v) is 4.45. The van der Waals surface area contributed by atoms with Gasteiger partial charge in [-0.15, -0.1) is 0 Å². The van der Waals surface area contributed by atoms with E-state index in [1.54, 1.807) is 24.0 Å². The van der Waals surface area contributed by atoms with Crippen LogP contribution in [0.5, 0.6) is 0 Å². The van der Waals surface area contributed by atoms with Gasteiger partial charge < -0.3 is 5.11 Å². The van der Waals surface area contributed by atoms with Crippen molar-refractivity contribution in [2.24, 2.45) is 11.8 Å². The molecule has 1 saturated heterocycles. The summed E-state index contributed by atoms with van der Waals surface area (Å²) in [6.07, 6.45) is -3.44. The van der Waals surface area contributed by atoms with Crippen LogP contribution in [0.4, 0.5) is 17.6 Å². The number of likely N-dealkylation sites (tertiary alicyclic amines) is 1. The van der Waals surface area contributed by atoms with Gasteiger partial charge >= 0.3 is 12.1 Å². The fourth-order valence-corrected chi connectivity index (χ4v) is 3.03. The number of carboxylic acid groups (broad SMARTS) is 1. The molecular formula is C16H19F4NO2. The summed E-state index contributed by atoms with van der Waals surface area (Å²) >= 11 is 0. The smallest absolute Gasteiger partial charge is 0.393 e. The molecule has 1 aromatic carbocycles. The van der Waals surface area contributed by atoms with E-state index in [0.29, 0.717) is 12.8 Å². The van der Waals surface area contributed by atoms with Gasteiger partial charge in [0, 0.05) is 19.1 Å². The number of aliphatic carboxylic acids is 1. The molecule has 23 heavy (non-hydrogen) atoms. The largest absolute Gasteiger partial charge is 0.481 e. The first-order chi connectivity index (χ1) is 10.7. The summed E-state index contributed by atoms with van der Waals surface area (Å²) < 4.78 is 52.0. The highest BCUT2D eigenvalue weighted by molar-refractivity contribution is 5.71. The second kappa shape index (κ2) is 6.86. The molecule has 0 bridgehead atoms. The monoisotopic (exact) mass is 333 g/mol. The van der Waals surface area contributed by atoms with Gasteiger partial charge in [0.25, 0.3) is 0 Å². The Morgan fingerprint density at radius 2 is 2.09 bits per heavy atom. The first-order valence-corrected chi connectivity index (χ1v) is 7.46. The van der Waals surface area contributed by atoms with Gasteiger partial charge in [0.15, 0.2) is 0 Å². The number of rotatable bonds is 5. The molecule has 1 unspecified atom stereocenters. The molecule has 128 valence electrons. The lowest BCUT2D eigenvalue weighted by Crippen LogP contribution is -2.34. The van der Waals surface area contributed by atoms with E-state index in [4.69, 9.17) is 5.11 Å². The van der Waals surface area contributed by atoms with Crippen molar-refractivity contribution in [2.45, 2.75) is 32.0 Å². The maximum absolute atomic E-state index is 13.1. The van der Waals surface area contributed by atoms with E-state index in [9.17, 15) is 22.4 Å². The molecule has 3 atom stereocenters. The molecule has 0 radical (unpaired) electrons. The maximum Gasteiger partial charge on any atom is 0.393 e. The first-order valence-electron chi connectivity index (χ1n) is 7.46. The first kappa shape index (κ1) is 17.7. The van der Waals surface area contributed by atoms with Crippen LogP contribution in [-0.2, 0) is 11.2 Å². The van der Waals surface area contributed by atoms with Crippen LogP contribution in [0.3, 0.4) is 0 Å². The predicted molar refractivity (Wildman–Crippen MR) is 76.4 cm³/mol. The molecule has 1 aliphatic heterocycles. The Hall–Kier alpha value is -1.63. The lowest BCUT2D eigenvalue weighted by molar-refractivity contribution is -0.188. The SMILES string of the molecule is CC(CCc1cccc(F)c1)N1C[C@@H](C(F)(F)F)[C@H](C(=O)O)C1. The quantitative estimate of drug-likeness (QED) is 0.840. The zero-order valence-corrected chi connectivity index (χ0v) is 12.7. The van der Waals surface area contributed by atoms with E-state index in [-0.39, 0.29) is 24.9 Å². The molecule has 1 aliphatic rings. The summed E-state index contributed by atoms with van der Waals surface area (Å²) in [4.78, 5) is 12.6. The van der Waals surface area contributed by atoms with Gasteiger partial charge in [-0.3, -0.25) is 9.69 Å². The summed E-state index contributed by atoms with van der Waals surface area (Å²) in [6.45, 7) is 1.37. The van der Waals surface area contributed by atoms with Crippen LogP contribution < -0.4 is 0 Å². The molecule has 0 aromatic heterocycles. The minimum absolute atomic E-state index is 0.107. The Morgan fingerprint density at radius 3 is 2.61 bits per heavy atom. The van der Waals surface area contributed by atoms with Crippen LogP contribution in [-0.4, -0.2) is 41.3 Å². The molecule has 1 fully saturated rings. The maximum atomic E-state index is 13.1. The topological polar surface area (TPSA) is 40.5 Å². The van der Waals surface area contributed by atoms with Gasteiger partial charge in [0.2, 0.25) is 0 Å². The van der Waals surface area contributed by atoms with Crippen molar-refractivity contribution < 1.29 is 27.5 Å². The number of benzene rings is 1. The lowest BCUT2D eigenvalue weighted by atomic mass is 9.96. The Bertz CT molecular complexity index is 561. The van der Waals surface area contributed by atoms with Crippen molar-refractivity contribution in [1.29, 1.82) is 0 Å². The molecule has 3 nitrogen and oxygen atoms in total. The lowest BCUT2D eigenvalue weighted by Gasteiger charge is -2.24. The third-order valence-electron chi connectivity index (χ3n) is 4.45. The summed E-state index contributed by atoms with van der Waals surface area (Å²) in [5.74, 6) is -5.02. The van der Waals surface area contributed by atoms with Crippen molar-refractivity contribution in [1.82, 2.24) is 4.90 Å². The average Bonchev–Trinajstić information content (AvgIpc) is 2.90. The van der Waals surface area contributed by atoms with E-state index in [2.05, 4.69) is 0 Å². The molecule has 0 spiro atoms. The van der Waals surface area contributed by atoms with Crippen LogP contribution in [0.15, 0.2) is 24.3 Å². The molecule has 0 saturated carbocycles. The molecule has 7 heteroatoms. The van der Waals surface area contributed by atoms with Crippen LogP contribution in [0.2, 0.25) is 0 Å². The minimum atomic E-state index is -4.51. The van der Waals surface area contributed by atoms with Crippen molar-refractivity contribution in [2.75, 3.05) is 13.1 Å². The number of nitrogens with zero attached hydrogens (tertiary/aromatic N) is 1. The fourth-order valence-electron chi connectivity index (χ4n) is 3.03. The molecule has 0 aliphatic carbocycles. The van der Waals surface area contributed by atoms with Crippen LogP contribution in [0.1, 0.15) is 18.9 Å². The molecule has 0 amide bonds. The molecular weight excluding hydrogens is 314 g/mol. The van der Waals surface area contributed by atoms with Gasteiger partial charge in [-0.1, -0.05) is 12.1 Å². The Morgan fingerprint density at radius 1 is 1.39 bits per heavy atom. The van der Waals surface area contributed by atoms with E-state index in [1.807, 2.05) is 0 Å². The third kappa shape index (κ3) is 4.43. The van der Waals surface area contributed by atoms with E-state index < -0.39 is 24.0 Å². The van der Waals surface area contributed by atoms with Gasteiger partial charge in [-0.25, -0.2) is 4.39 Å². The van der Waals surface area contributed by atoms with E-state index in [0.717, 1.165) is 5.56 Å². The number of carboxylic acids is 1. The highest BCUT2D eigenvalue weighted by Gasteiger charge is 2.53. The predicted octanol–water partition coefficient (Wildman–Crippen LogP) is 3.34. The fraction of sp³-hybridized carbons (Fsp3) is 0.562. The van der Waals surface area contributed by atoms with Crippen molar-refractivity contribution >= 4 is 5.97 Å². The van der Waals surface area contributed by atoms with Crippen LogP contribution in [0.25, 0.3) is 0 Å². The number of hydrogen-bond donors (Lipinski definition) is 1. The molecule has 1 heterocycles. The normalized spacial score (nSPS) is 23.9. The number of hydrogen-bond acceptors (Lipinski definition) is 2. The van der Waals surface area contributed by atoms with E-state index in [1.165, 1.54) is 12.1 Å². The summed E-state index contributed by atoms with van der Waals surface area (Å²) in [6, 6.07) is 5.88. The standard InChI is InChI=1S/C16H19F4NO2/c1-10(5-6-11-3-2-4-12(17)7-11)21-8-13(15(22)23)14(9-21)16(18,19)20/h2-4,7,10,13-14H,5-6,8-9H2,1H3,(H,22,23)/t10?,13-,14-/m1/s1. The summed E-state index contributed by atoms with van der Waals surface area (Å²) in [5.41, 5.74) is 0.776. The molecule has 2 rings (SSSR count). The van der Waals surface area contributed by atoms with Crippen LogP contribution in [0, 0.1) is 17.7 Å². The van der Waals surface area contributed by atoms with Gasteiger partial charge in [0.05, 0.1) is 11.8 Å². The van der Waals surface area contributed by atoms with E-state index >= 15 is 0 Å². The van der Waals surface area contributed by atoms with Crippen LogP contribution >= 0.6 is 0 Å². The summed E-state index contributed by atoms with van der Waals surface area (Å²) in [7, 11) is 0. The van der Waals surface area contributed by atoms with Gasteiger partial charge in [0.1, 0.15) is 5.82 Å². The molecule has 1 N–H and O–H groups in total. The second-order valence-corrected chi connectivity index (χ2v) is 6.06. The zero-order chi connectivity index (χ0) is 17.2. The van der Waals surface area contributed by atoms with Gasteiger partial charge in [-0.05, 0) is 37.5 Å². The molecule has 1 aromatic rings. The number of carbonyl (C=O) groups is 1.